The topological polar surface area (TPSA) is 120 Å². The van der Waals surface area contributed by atoms with E-state index in [2.05, 4.69) is 0 Å². The van der Waals surface area contributed by atoms with E-state index in [1.807, 2.05) is 0 Å². The van der Waals surface area contributed by atoms with Gasteiger partial charge >= 0.3 is 17.9 Å². The van der Waals surface area contributed by atoms with Gasteiger partial charge < -0.3 is 24.0 Å². The minimum atomic E-state index is -0.634. The van der Waals surface area contributed by atoms with Crippen LogP contribution < -0.4 is 0 Å². The monoisotopic (exact) mass is 548 g/mol. The normalized spacial score (nSPS) is 16.6. The molecule has 38 heavy (non-hydrogen) atoms. The molecule has 1 aromatic carbocycles. The zero-order valence-corrected chi connectivity index (χ0v) is 22.8. The SMILES string of the molecule is CCOC(=O)C1CCN(C(=O)COC(=O)c2ccccc2SCC(=O)N2CCC(C(=O)OCC)CC2)CC1. The number of ether oxygens (including phenoxy) is 3. The molecule has 0 bridgehead atoms. The molecule has 3 rings (SSSR count). The number of amides is 2. The predicted octanol–water partition coefficient (Wildman–Crippen LogP) is 2.54. The molecule has 0 atom stereocenters. The molecule has 2 aliphatic heterocycles. The Hall–Kier alpha value is -3.08. The first-order valence-electron chi connectivity index (χ1n) is 13.1. The highest BCUT2D eigenvalue weighted by atomic mass is 32.2. The second kappa shape index (κ2) is 14.8. The van der Waals surface area contributed by atoms with Gasteiger partial charge in [-0.3, -0.25) is 19.2 Å². The number of esters is 3. The molecule has 208 valence electrons. The minimum Gasteiger partial charge on any atom is -0.466 e. The smallest absolute Gasteiger partial charge is 0.339 e. The molecule has 2 fully saturated rings. The highest BCUT2D eigenvalue weighted by Crippen LogP contribution is 2.26. The van der Waals surface area contributed by atoms with Gasteiger partial charge in [0, 0.05) is 31.1 Å². The Morgan fingerprint density at radius 1 is 0.763 bits per heavy atom. The van der Waals surface area contributed by atoms with Gasteiger partial charge in [-0.15, -0.1) is 11.8 Å². The van der Waals surface area contributed by atoms with Crippen molar-refractivity contribution >= 4 is 41.5 Å². The van der Waals surface area contributed by atoms with E-state index in [0.29, 0.717) is 75.5 Å². The van der Waals surface area contributed by atoms with Crippen LogP contribution in [0.4, 0.5) is 0 Å². The van der Waals surface area contributed by atoms with Crippen molar-refractivity contribution in [3.8, 4) is 0 Å². The van der Waals surface area contributed by atoms with E-state index >= 15 is 0 Å². The van der Waals surface area contributed by atoms with Crippen LogP contribution in [0.1, 0.15) is 49.9 Å². The van der Waals surface area contributed by atoms with Crippen LogP contribution in [0.25, 0.3) is 0 Å². The van der Waals surface area contributed by atoms with Crippen molar-refractivity contribution in [2.45, 2.75) is 44.4 Å². The van der Waals surface area contributed by atoms with E-state index in [9.17, 15) is 24.0 Å². The second-order valence-electron chi connectivity index (χ2n) is 9.18. The minimum absolute atomic E-state index is 0.0677. The molecule has 10 nitrogen and oxygen atoms in total. The lowest BCUT2D eigenvalue weighted by molar-refractivity contribution is -0.151. The van der Waals surface area contributed by atoms with Crippen LogP contribution in [0, 0.1) is 11.8 Å². The van der Waals surface area contributed by atoms with Gasteiger partial charge in [0.05, 0.1) is 36.4 Å². The fourth-order valence-electron chi connectivity index (χ4n) is 4.54. The van der Waals surface area contributed by atoms with Crippen molar-refractivity contribution in [3.63, 3.8) is 0 Å². The third-order valence-corrected chi connectivity index (χ3v) is 7.78. The molecule has 0 aromatic heterocycles. The average molecular weight is 549 g/mol. The Bertz CT molecular complexity index is 1000. The molecule has 0 spiro atoms. The van der Waals surface area contributed by atoms with Crippen LogP contribution in [0.3, 0.4) is 0 Å². The summed E-state index contributed by atoms with van der Waals surface area (Å²) >= 11 is 1.24. The van der Waals surface area contributed by atoms with Crippen LogP contribution in [0.15, 0.2) is 29.2 Å². The van der Waals surface area contributed by atoms with Gasteiger partial charge in [0.1, 0.15) is 0 Å². The summed E-state index contributed by atoms with van der Waals surface area (Å²) in [6.07, 6.45) is 2.19. The largest absolute Gasteiger partial charge is 0.466 e. The summed E-state index contributed by atoms with van der Waals surface area (Å²) in [6.45, 7) is 5.62. The van der Waals surface area contributed by atoms with Crippen molar-refractivity contribution < 1.29 is 38.2 Å². The van der Waals surface area contributed by atoms with Crippen molar-refractivity contribution in [1.82, 2.24) is 9.80 Å². The Balaban J connectivity index is 1.45. The van der Waals surface area contributed by atoms with Crippen LogP contribution in [-0.4, -0.2) is 91.3 Å². The number of carbonyl (C=O) groups excluding carboxylic acids is 5. The van der Waals surface area contributed by atoms with Gasteiger partial charge in [-0.1, -0.05) is 12.1 Å². The summed E-state index contributed by atoms with van der Waals surface area (Å²) in [7, 11) is 0. The van der Waals surface area contributed by atoms with Gasteiger partial charge in [0.25, 0.3) is 5.91 Å². The number of rotatable bonds is 10. The predicted molar refractivity (Wildman–Crippen MR) is 139 cm³/mol. The van der Waals surface area contributed by atoms with Crippen molar-refractivity contribution in [2.75, 3.05) is 51.8 Å². The fraction of sp³-hybridized carbons (Fsp3) is 0.593. The summed E-state index contributed by atoms with van der Waals surface area (Å²) in [5, 5.41) is 0. The molecule has 0 radical (unpaired) electrons. The third-order valence-electron chi connectivity index (χ3n) is 6.72. The van der Waals surface area contributed by atoms with E-state index in [0.717, 1.165) is 0 Å². The van der Waals surface area contributed by atoms with E-state index in [1.165, 1.54) is 11.8 Å². The molecule has 2 amide bonds. The van der Waals surface area contributed by atoms with Gasteiger partial charge in [0.2, 0.25) is 5.91 Å². The highest BCUT2D eigenvalue weighted by molar-refractivity contribution is 8.00. The van der Waals surface area contributed by atoms with Crippen LogP contribution in [0.5, 0.6) is 0 Å². The zero-order valence-electron chi connectivity index (χ0n) is 22.0. The molecule has 2 heterocycles. The summed E-state index contributed by atoms with van der Waals surface area (Å²) in [4.78, 5) is 65.8. The molecule has 11 heteroatoms. The third kappa shape index (κ3) is 8.21. The number of carbonyl (C=O) groups is 5. The maximum Gasteiger partial charge on any atom is 0.339 e. The quantitative estimate of drug-likeness (QED) is 0.247. The van der Waals surface area contributed by atoms with Crippen LogP contribution in [-0.2, 0) is 33.4 Å². The van der Waals surface area contributed by atoms with Crippen molar-refractivity contribution in [3.05, 3.63) is 29.8 Å². The lowest BCUT2D eigenvalue weighted by atomic mass is 9.97. The first kappa shape index (κ1) is 29.5. The molecular weight excluding hydrogens is 512 g/mol. The van der Waals surface area contributed by atoms with Gasteiger partial charge in [-0.05, 0) is 51.7 Å². The standard InChI is InChI=1S/C27H36N2O8S/c1-3-35-25(32)19-9-13-28(14-10-19)23(30)17-37-27(34)21-7-5-6-8-22(21)38-18-24(31)29-15-11-20(12-16-29)26(33)36-4-2/h5-8,19-20H,3-4,9-18H2,1-2H3. The number of likely N-dealkylation sites (tertiary alicyclic amines) is 2. The number of benzene rings is 1. The summed E-state index contributed by atoms with van der Waals surface area (Å²) in [5.41, 5.74) is 0.292. The van der Waals surface area contributed by atoms with Gasteiger partial charge in [-0.25, -0.2) is 4.79 Å². The summed E-state index contributed by atoms with van der Waals surface area (Å²) in [6, 6.07) is 6.82. The van der Waals surface area contributed by atoms with Gasteiger partial charge in [0.15, 0.2) is 6.61 Å². The fourth-order valence-corrected chi connectivity index (χ4v) is 5.48. The molecule has 0 saturated carbocycles. The molecule has 2 saturated heterocycles. The molecule has 1 aromatic rings. The Kier molecular flexibility index (Phi) is 11.4. The summed E-state index contributed by atoms with van der Waals surface area (Å²) < 4.78 is 15.4. The molecule has 0 aliphatic carbocycles. The van der Waals surface area contributed by atoms with E-state index in [4.69, 9.17) is 14.2 Å². The number of piperidine rings is 2. The van der Waals surface area contributed by atoms with Crippen LogP contribution in [0.2, 0.25) is 0 Å². The lowest BCUT2D eigenvalue weighted by Gasteiger charge is -2.31. The molecule has 0 unspecified atom stereocenters. The number of hydrogen-bond donors (Lipinski definition) is 0. The summed E-state index contributed by atoms with van der Waals surface area (Å²) in [5.74, 6) is -1.70. The first-order chi connectivity index (χ1) is 18.3. The Morgan fingerprint density at radius 2 is 1.26 bits per heavy atom. The number of nitrogens with zero attached hydrogens (tertiary/aromatic N) is 2. The second-order valence-corrected chi connectivity index (χ2v) is 10.2. The molecular formula is C27H36N2O8S. The van der Waals surface area contributed by atoms with Crippen molar-refractivity contribution in [2.24, 2.45) is 11.8 Å². The molecule has 0 N–H and O–H groups in total. The Labute approximate surface area is 227 Å². The zero-order chi connectivity index (χ0) is 27.5. The maximum atomic E-state index is 12.8. The lowest BCUT2D eigenvalue weighted by Crippen LogP contribution is -2.42. The molecule has 2 aliphatic rings. The highest BCUT2D eigenvalue weighted by Gasteiger charge is 2.30. The maximum absolute atomic E-state index is 12.8. The van der Waals surface area contributed by atoms with E-state index in [1.54, 1.807) is 47.9 Å². The van der Waals surface area contributed by atoms with Crippen molar-refractivity contribution in [1.29, 1.82) is 0 Å². The average Bonchev–Trinajstić information content (AvgIpc) is 2.95. The number of hydrogen-bond acceptors (Lipinski definition) is 9. The van der Waals surface area contributed by atoms with Gasteiger partial charge in [-0.2, -0.15) is 0 Å². The van der Waals surface area contributed by atoms with E-state index in [-0.39, 0.29) is 41.3 Å². The Morgan fingerprint density at radius 3 is 1.79 bits per heavy atom. The number of thioether (sulfide) groups is 1. The van der Waals surface area contributed by atoms with E-state index < -0.39 is 12.6 Å². The first-order valence-corrected chi connectivity index (χ1v) is 14.1. The van der Waals surface area contributed by atoms with Crippen LogP contribution >= 0.6 is 11.8 Å².